The lowest BCUT2D eigenvalue weighted by Crippen LogP contribution is -2.57. The Kier molecular flexibility index (Phi) is 11.2. The van der Waals surface area contributed by atoms with Crippen LogP contribution >= 0.6 is 0 Å². The van der Waals surface area contributed by atoms with Gasteiger partial charge in [-0.3, -0.25) is 0 Å². The summed E-state index contributed by atoms with van der Waals surface area (Å²) < 4.78 is 35.5. The summed E-state index contributed by atoms with van der Waals surface area (Å²) in [6.45, 7) is 48.2. The molecule has 5 nitrogen and oxygen atoms in total. The molecule has 1 rings (SSSR count). The molecule has 0 bridgehead atoms. The number of rotatable bonds is 9. The van der Waals surface area contributed by atoms with E-state index in [1.54, 1.807) is 0 Å². The Balaban J connectivity index is 3.72. The van der Waals surface area contributed by atoms with E-state index in [9.17, 15) is 0 Å². The summed E-state index contributed by atoms with van der Waals surface area (Å²) in [5, 5.41) is 0.261. The van der Waals surface area contributed by atoms with Crippen molar-refractivity contribution in [2.24, 2.45) is 0 Å². The maximum absolute atomic E-state index is 7.28. The second-order valence-corrected chi connectivity index (χ2v) is 37.1. The Labute approximate surface area is 248 Å². The molecule has 0 aromatic carbocycles. The molecule has 0 radical (unpaired) electrons. The van der Waals surface area contributed by atoms with Crippen LogP contribution in [0.3, 0.4) is 0 Å². The van der Waals surface area contributed by atoms with Crippen LogP contribution in [0.2, 0.25) is 72.5 Å². The van der Waals surface area contributed by atoms with Crippen LogP contribution in [0, 0.1) is 0 Å². The van der Waals surface area contributed by atoms with Crippen LogP contribution in [-0.4, -0.2) is 64.0 Å². The first kappa shape index (κ1) is 37.7. The van der Waals surface area contributed by atoms with E-state index in [1.807, 2.05) is 0 Å². The van der Waals surface area contributed by atoms with Gasteiger partial charge in [-0.15, -0.1) is 0 Å². The minimum atomic E-state index is -2.18. The number of hydrogen-bond donors (Lipinski definition) is 0. The first-order valence-electron chi connectivity index (χ1n) is 15.1. The quantitative estimate of drug-likeness (QED) is 0.240. The van der Waals surface area contributed by atoms with Crippen LogP contribution in [0.4, 0.5) is 0 Å². The minimum absolute atomic E-state index is 0.0506. The Morgan fingerprint density at radius 2 is 0.795 bits per heavy atom. The highest BCUT2D eigenvalue weighted by molar-refractivity contribution is 6.75. The monoisotopic (exact) mass is 620 g/mol. The minimum Gasteiger partial charge on any atom is -0.411 e. The van der Waals surface area contributed by atoms with Crippen LogP contribution in [0.15, 0.2) is 0 Å². The highest BCUT2D eigenvalue weighted by atomic mass is 28.4. The Hall–Kier alpha value is 0.668. The summed E-state index contributed by atoms with van der Waals surface area (Å²) in [6, 6.07) is 0. The van der Waals surface area contributed by atoms with Crippen LogP contribution in [0.5, 0.6) is 0 Å². The number of ether oxygens (including phenoxy) is 1. The summed E-state index contributed by atoms with van der Waals surface area (Å²) in [5.41, 5.74) is 0. The molecular formula is C30H68O5Si4. The van der Waals surface area contributed by atoms with E-state index in [4.69, 9.17) is 22.4 Å². The standard InChI is InChI=1S/C30H68O5Si4/c1-22(32-36(14,15)27(2,3)4)23-24(33-37(16,17)28(5,6)7)25(34-38(18,19)29(8,9)10)26(31-23)35-39(20,21)30(11,12)13/h22-26H,1-21H3/t22-,23+,24+,25-,26+/m0/s1. The van der Waals surface area contributed by atoms with E-state index in [-0.39, 0.29) is 44.6 Å². The Bertz CT molecular complexity index is 813. The predicted molar refractivity (Wildman–Crippen MR) is 179 cm³/mol. The van der Waals surface area contributed by atoms with Crippen molar-refractivity contribution >= 4 is 33.3 Å². The molecule has 1 saturated heterocycles. The summed E-state index contributed by atoms with van der Waals surface area (Å²) in [4.78, 5) is 0. The molecule has 1 aliphatic heterocycles. The molecular weight excluding hydrogens is 553 g/mol. The van der Waals surface area contributed by atoms with Crippen molar-refractivity contribution in [3.8, 4) is 0 Å². The first-order valence-corrected chi connectivity index (χ1v) is 26.8. The van der Waals surface area contributed by atoms with Crippen LogP contribution < -0.4 is 0 Å². The predicted octanol–water partition coefficient (Wildman–Crippen LogP) is 9.92. The van der Waals surface area contributed by atoms with Gasteiger partial charge in [0.25, 0.3) is 0 Å². The van der Waals surface area contributed by atoms with Crippen molar-refractivity contribution in [1.29, 1.82) is 0 Å². The van der Waals surface area contributed by atoms with Gasteiger partial charge in [0.15, 0.2) is 39.6 Å². The molecule has 0 spiro atoms. The molecule has 39 heavy (non-hydrogen) atoms. The Morgan fingerprint density at radius 1 is 0.487 bits per heavy atom. The van der Waals surface area contributed by atoms with Gasteiger partial charge < -0.3 is 22.4 Å². The van der Waals surface area contributed by atoms with Crippen molar-refractivity contribution in [2.45, 2.75) is 193 Å². The highest BCUT2D eigenvalue weighted by Crippen LogP contribution is 2.47. The summed E-state index contributed by atoms with van der Waals surface area (Å²) in [7, 11) is -8.56. The summed E-state index contributed by atoms with van der Waals surface area (Å²) >= 11 is 0. The zero-order chi connectivity index (χ0) is 31.4. The molecule has 0 aromatic rings. The van der Waals surface area contributed by atoms with Gasteiger partial charge in [0, 0.05) is 0 Å². The van der Waals surface area contributed by atoms with Gasteiger partial charge in [-0.05, 0) is 79.5 Å². The second-order valence-electron chi connectivity index (χ2n) is 18.1. The smallest absolute Gasteiger partial charge is 0.195 e. The van der Waals surface area contributed by atoms with Crippen molar-refractivity contribution < 1.29 is 22.4 Å². The molecule has 0 amide bonds. The molecule has 234 valence electrons. The average molecular weight is 621 g/mol. The normalized spacial score (nSPS) is 25.8. The van der Waals surface area contributed by atoms with Crippen molar-refractivity contribution in [2.75, 3.05) is 0 Å². The van der Waals surface area contributed by atoms with Crippen LogP contribution in [0.25, 0.3) is 0 Å². The van der Waals surface area contributed by atoms with Gasteiger partial charge in [-0.2, -0.15) is 0 Å². The molecule has 1 aliphatic rings. The maximum Gasteiger partial charge on any atom is 0.195 e. The topological polar surface area (TPSA) is 46.2 Å². The largest absolute Gasteiger partial charge is 0.411 e. The fraction of sp³-hybridized carbons (Fsp3) is 1.00. The fourth-order valence-corrected chi connectivity index (χ4v) is 8.71. The van der Waals surface area contributed by atoms with Crippen LogP contribution in [0.1, 0.15) is 90.0 Å². The van der Waals surface area contributed by atoms with Gasteiger partial charge >= 0.3 is 0 Å². The zero-order valence-corrected chi connectivity index (χ0v) is 33.9. The molecule has 0 aromatic heterocycles. The molecule has 0 N–H and O–H groups in total. The average Bonchev–Trinajstić information content (AvgIpc) is 2.93. The SMILES string of the molecule is C[C@H](O[Si](C)(C)C(C)(C)C)[C@H]1O[C@H](O[Si](C)(C)C(C)(C)C)[C@@H](O[Si](C)(C)C(C)(C)C)[C@@H]1O[Si](C)(C)C(C)(C)C. The lowest BCUT2D eigenvalue weighted by Gasteiger charge is -2.46. The molecule has 5 atom stereocenters. The van der Waals surface area contributed by atoms with E-state index in [1.165, 1.54) is 0 Å². The van der Waals surface area contributed by atoms with Crippen molar-refractivity contribution in [1.82, 2.24) is 0 Å². The fourth-order valence-electron chi connectivity index (χ4n) is 3.59. The van der Waals surface area contributed by atoms with Crippen LogP contribution in [-0.2, 0) is 22.4 Å². The van der Waals surface area contributed by atoms with Gasteiger partial charge in [0.1, 0.15) is 18.3 Å². The van der Waals surface area contributed by atoms with Gasteiger partial charge in [0.05, 0.1) is 6.10 Å². The molecule has 1 heterocycles. The second kappa shape index (κ2) is 11.6. The van der Waals surface area contributed by atoms with E-state index in [0.717, 1.165) is 0 Å². The third-order valence-electron chi connectivity index (χ3n) is 10.6. The molecule has 9 heteroatoms. The number of hydrogen-bond acceptors (Lipinski definition) is 5. The van der Waals surface area contributed by atoms with E-state index in [0.29, 0.717) is 0 Å². The van der Waals surface area contributed by atoms with E-state index >= 15 is 0 Å². The molecule has 0 saturated carbocycles. The highest BCUT2D eigenvalue weighted by Gasteiger charge is 2.58. The van der Waals surface area contributed by atoms with Gasteiger partial charge in [-0.1, -0.05) is 83.1 Å². The lowest BCUT2D eigenvalue weighted by molar-refractivity contribution is -0.131. The molecule has 0 aliphatic carbocycles. The van der Waals surface area contributed by atoms with Gasteiger partial charge in [-0.25, -0.2) is 0 Å². The van der Waals surface area contributed by atoms with E-state index < -0.39 is 39.6 Å². The third-order valence-corrected chi connectivity index (χ3v) is 28.6. The lowest BCUT2D eigenvalue weighted by atomic mass is 10.1. The van der Waals surface area contributed by atoms with Crippen molar-refractivity contribution in [3.63, 3.8) is 0 Å². The van der Waals surface area contributed by atoms with E-state index in [2.05, 4.69) is 142 Å². The van der Waals surface area contributed by atoms with Gasteiger partial charge in [0.2, 0.25) is 0 Å². The first-order chi connectivity index (χ1) is 16.8. The maximum atomic E-state index is 7.28. The third kappa shape index (κ3) is 8.84. The Morgan fingerprint density at radius 3 is 1.13 bits per heavy atom. The van der Waals surface area contributed by atoms with Crippen molar-refractivity contribution in [3.05, 3.63) is 0 Å². The zero-order valence-electron chi connectivity index (χ0n) is 29.9. The summed E-state index contributed by atoms with van der Waals surface area (Å²) in [6.07, 6.45) is -1.44. The molecule has 0 unspecified atom stereocenters. The molecule has 1 fully saturated rings. The summed E-state index contributed by atoms with van der Waals surface area (Å²) in [5.74, 6) is 0.